The molecule has 0 N–H and O–H groups in total. The Morgan fingerprint density at radius 1 is 1.12 bits per heavy atom. The molecule has 0 radical (unpaired) electrons. The quantitative estimate of drug-likeness (QED) is 0.666. The zero-order chi connectivity index (χ0) is 23.8. The molecule has 3 heterocycles. The lowest BCUT2D eigenvalue weighted by atomic mass is 9.87. The highest BCUT2D eigenvalue weighted by Gasteiger charge is 2.43. The Morgan fingerprint density at radius 3 is 2.58 bits per heavy atom. The Kier molecular flexibility index (Phi) is 6.62. The van der Waals surface area contributed by atoms with Crippen LogP contribution in [0.15, 0.2) is 36.5 Å². The number of amides is 1. The van der Waals surface area contributed by atoms with Crippen LogP contribution in [-0.4, -0.2) is 78.7 Å². The van der Waals surface area contributed by atoms with Gasteiger partial charge in [-0.25, -0.2) is 17.2 Å². The third-order valence-corrected chi connectivity index (χ3v) is 7.91. The van der Waals surface area contributed by atoms with Crippen LogP contribution in [0.25, 0.3) is 0 Å². The Bertz CT molecular complexity index is 1120. The SMILES string of the molecule is CC1CCN(C(=O)[C@@H]2CN(c3cccnn3)C[C@H]2c2ccc(F)cc2F)CCN1S(C)(=O)=O. The van der Waals surface area contributed by atoms with Gasteiger partial charge in [-0.1, -0.05) is 6.07 Å². The van der Waals surface area contributed by atoms with Crippen LogP contribution >= 0.6 is 0 Å². The summed E-state index contributed by atoms with van der Waals surface area (Å²) in [4.78, 5) is 17.2. The van der Waals surface area contributed by atoms with Crippen molar-refractivity contribution in [1.82, 2.24) is 19.4 Å². The van der Waals surface area contributed by atoms with E-state index in [0.717, 1.165) is 6.07 Å². The third-order valence-electron chi connectivity index (χ3n) is 6.52. The summed E-state index contributed by atoms with van der Waals surface area (Å²) >= 11 is 0. The second-order valence-corrected chi connectivity index (χ2v) is 10.6. The van der Waals surface area contributed by atoms with Crippen molar-refractivity contribution >= 4 is 21.7 Å². The van der Waals surface area contributed by atoms with Gasteiger partial charge >= 0.3 is 0 Å². The number of carbonyl (C=O) groups excluding carboxylic acids is 1. The summed E-state index contributed by atoms with van der Waals surface area (Å²) in [7, 11) is -3.39. The molecular formula is C22H27F2N5O3S. The Balaban J connectivity index is 1.61. The molecule has 2 aliphatic rings. The van der Waals surface area contributed by atoms with Crippen molar-refractivity contribution in [2.45, 2.75) is 25.3 Å². The number of hydrogen-bond acceptors (Lipinski definition) is 6. The number of carbonyl (C=O) groups is 1. The minimum absolute atomic E-state index is 0.169. The Hall–Kier alpha value is -2.66. The first-order valence-corrected chi connectivity index (χ1v) is 12.7. The molecule has 8 nitrogen and oxygen atoms in total. The maximum Gasteiger partial charge on any atom is 0.228 e. The van der Waals surface area contributed by atoms with E-state index in [1.807, 2.05) is 11.8 Å². The fourth-order valence-corrected chi connectivity index (χ4v) is 5.98. The van der Waals surface area contributed by atoms with Crippen molar-refractivity contribution in [2.75, 3.05) is 43.9 Å². The second kappa shape index (κ2) is 9.30. The first-order chi connectivity index (χ1) is 15.6. The molecule has 1 aromatic heterocycles. The van der Waals surface area contributed by atoms with Gasteiger partial charge in [0.2, 0.25) is 15.9 Å². The largest absolute Gasteiger partial charge is 0.354 e. The average molecular weight is 480 g/mol. The molecular weight excluding hydrogens is 452 g/mol. The molecule has 2 saturated heterocycles. The molecule has 4 rings (SSSR count). The highest BCUT2D eigenvalue weighted by molar-refractivity contribution is 7.88. The maximum atomic E-state index is 14.7. The molecule has 178 valence electrons. The average Bonchev–Trinajstić information content (AvgIpc) is 3.10. The summed E-state index contributed by atoms with van der Waals surface area (Å²) in [6.45, 7) is 3.35. The third kappa shape index (κ3) is 4.98. The van der Waals surface area contributed by atoms with Crippen LogP contribution < -0.4 is 4.90 Å². The smallest absolute Gasteiger partial charge is 0.228 e. The second-order valence-electron chi connectivity index (χ2n) is 8.70. The van der Waals surface area contributed by atoms with E-state index >= 15 is 0 Å². The van der Waals surface area contributed by atoms with Crippen molar-refractivity contribution in [3.05, 3.63) is 53.7 Å². The Morgan fingerprint density at radius 2 is 1.91 bits per heavy atom. The highest BCUT2D eigenvalue weighted by Crippen LogP contribution is 2.37. The van der Waals surface area contributed by atoms with Gasteiger partial charge < -0.3 is 9.80 Å². The van der Waals surface area contributed by atoms with Gasteiger partial charge in [0.05, 0.1) is 12.2 Å². The lowest BCUT2D eigenvalue weighted by Gasteiger charge is -2.27. The molecule has 0 bridgehead atoms. The van der Waals surface area contributed by atoms with Crippen LogP contribution in [0.1, 0.15) is 24.8 Å². The molecule has 0 saturated carbocycles. The van der Waals surface area contributed by atoms with Gasteiger partial charge in [-0.3, -0.25) is 4.79 Å². The topological polar surface area (TPSA) is 86.7 Å². The molecule has 1 amide bonds. The molecule has 0 aliphatic carbocycles. The number of aromatic nitrogens is 2. The van der Waals surface area contributed by atoms with Gasteiger partial charge in [-0.15, -0.1) is 5.10 Å². The first-order valence-electron chi connectivity index (χ1n) is 10.9. The van der Waals surface area contributed by atoms with Crippen molar-refractivity contribution in [3.8, 4) is 0 Å². The van der Waals surface area contributed by atoms with Crippen LogP contribution in [0.4, 0.5) is 14.6 Å². The fourth-order valence-electron chi connectivity index (χ4n) is 4.81. The van der Waals surface area contributed by atoms with E-state index in [-0.39, 0.29) is 30.6 Å². The molecule has 3 atom stereocenters. The number of benzene rings is 1. The van der Waals surface area contributed by atoms with Crippen LogP contribution in [0.3, 0.4) is 0 Å². The zero-order valence-electron chi connectivity index (χ0n) is 18.6. The van der Waals surface area contributed by atoms with Crippen LogP contribution in [0, 0.1) is 17.6 Å². The standard InChI is InChI=1S/C22H27F2N5O3S/c1-15-7-9-27(10-11-29(15)33(2,31)32)22(30)19-14-28(21-4-3-8-25-26-21)13-18(19)17-6-5-16(23)12-20(17)24/h3-6,8,12,15,18-19H,7,9-11,13-14H2,1-2H3/t15?,18-,19+/m0/s1. The number of hydrogen-bond donors (Lipinski definition) is 0. The molecule has 33 heavy (non-hydrogen) atoms. The van der Waals surface area contributed by atoms with E-state index in [2.05, 4.69) is 10.2 Å². The zero-order valence-corrected chi connectivity index (χ0v) is 19.4. The molecule has 1 aromatic carbocycles. The predicted octanol–water partition coefficient (Wildman–Crippen LogP) is 1.86. The highest BCUT2D eigenvalue weighted by atomic mass is 32.2. The van der Waals surface area contributed by atoms with E-state index < -0.39 is 33.5 Å². The lowest BCUT2D eigenvalue weighted by Crippen LogP contribution is -2.42. The van der Waals surface area contributed by atoms with Crippen molar-refractivity contribution in [1.29, 1.82) is 0 Å². The van der Waals surface area contributed by atoms with Gasteiger partial charge in [0.25, 0.3) is 0 Å². The van der Waals surface area contributed by atoms with Gasteiger partial charge in [0.1, 0.15) is 11.6 Å². The van der Waals surface area contributed by atoms with Crippen molar-refractivity contribution < 1.29 is 22.0 Å². The van der Waals surface area contributed by atoms with E-state index in [9.17, 15) is 22.0 Å². The molecule has 2 aromatic rings. The summed E-state index contributed by atoms with van der Waals surface area (Å²) in [6, 6.07) is 6.72. The summed E-state index contributed by atoms with van der Waals surface area (Å²) in [5.41, 5.74) is 0.280. The lowest BCUT2D eigenvalue weighted by molar-refractivity contribution is -0.135. The van der Waals surface area contributed by atoms with Crippen LogP contribution in [0.5, 0.6) is 0 Å². The fraction of sp³-hybridized carbons (Fsp3) is 0.500. The van der Waals surface area contributed by atoms with Crippen LogP contribution in [-0.2, 0) is 14.8 Å². The maximum absolute atomic E-state index is 14.7. The predicted molar refractivity (Wildman–Crippen MR) is 119 cm³/mol. The van der Waals surface area contributed by atoms with Crippen molar-refractivity contribution in [3.63, 3.8) is 0 Å². The van der Waals surface area contributed by atoms with E-state index in [1.165, 1.54) is 22.7 Å². The molecule has 0 spiro atoms. The number of nitrogens with zero attached hydrogens (tertiary/aromatic N) is 5. The molecule has 1 unspecified atom stereocenters. The molecule has 11 heteroatoms. The van der Waals surface area contributed by atoms with Crippen LogP contribution in [0.2, 0.25) is 0 Å². The van der Waals surface area contributed by atoms with E-state index in [0.29, 0.717) is 31.9 Å². The van der Waals surface area contributed by atoms with Gasteiger partial charge in [-0.2, -0.15) is 9.40 Å². The summed E-state index contributed by atoms with van der Waals surface area (Å²) in [5.74, 6) is -2.05. The van der Waals surface area contributed by atoms with E-state index in [4.69, 9.17) is 0 Å². The normalized spacial score (nSPS) is 24.7. The number of anilines is 1. The monoisotopic (exact) mass is 479 g/mol. The summed E-state index contributed by atoms with van der Waals surface area (Å²) in [5, 5.41) is 8.01. The molecule has 2 fully saturated rings. The number of sulfonamides is 1. The van der Waals surface area contributed by atoms with E-state index in [1.54, 1.807) is 23.2 Å². The van der Waals surface area contributed by atoms with Gasteiger partial charge in [0.15, 0.2) is 5.82 Å². The van der Waals surface area contributed by atoms with Gasteiger partial charge in [0, 0.05) is 56.9 Å². The number of rotatable bonds is 4. The van der Waals surface area contributed by atoms with Gasteiger partial charge in [-0.05, 0) is 37.1 Å². The summed E-state index contributed by atoms with van der Waals surface area (Å²) < 4.78 is 53.9. The Labute approximate surface area is 192 Å². The number of halogens is 2. The molecule has 2 aliphatic heterocycles. The first kappa shape index (κ1) is 23.5. The minimum Gasteiger partial charge on any atom is -0.354 e. The van der Waals surface area contributed by atoms with Crippen molar-refractivity contribution in [2.24, 2.45) is 5.92 Å². The summed E-state index contributed by atoms with van der Waals surface area (Å²) in [6.07, 6.45) is 3.23. The minimum atomic E-state index is -3.39.